The van der Waals surface area contributed by atoms with Gasteiger partial charge in [0.15, 0.2) is 0 Å². The highest BCUT2D eigenvalue weighted by Crippen LogP contribution is 2.19. The zero-order valence-electron chi connectivity index (χ0n) is 10.7. The zero-order valence-corrected chi connectivity index (χ0v) is 10.7. The van der Waals surface area contributed by atoms with E-state index in [9.17, 15) is 14.9 Å². The van der Waals surface area contributed by atoms with E-state index in [-0.39, 0.29) is 23.7 Å². The number of nitrogens with two attached hydrogens (primary N) is 1. The Morgan fingerprint density at radius 3 is 2.61 bits per heavy atom. The SMILES string of the molecule is Cc1ccc(C(=O)NC(C)(C)CN)cc1[N+](=O)[O-]. The molecule has 6 nitrogen and oxygen atoms in total. The predicted octanol–water partition coefficient (Wildman–Crippen LogP) is 1.37. The molecule has 0 bridgehead atoms. The van der Waals surface area contributed by atoms with Crippen LogP contribution in [0.25, 0.3) is 0 Å². The number of carbonyl (C=O) groups is 1. The Bertz CT molecular complexity index is 483. The van der Waals surface area contributed by atoms with Crippen molar-refractivity contribution in [3.8, 4) is 0 Å². The average molecular weight is 251 g/mol. The second-order valence-electron chi connectivity index (χ2n) is 4.80. The van der Waals surface area contributed by atoms with Crippen molar-refractivity contribution in [3.05, 3.63) is 39.4 Å². The summed E-state index contributed by atoms with van der Waals surface area (Å²) in [5.74, 6) is -0.367. The van der Waals surface area contributed by atoms with Crippen molar-refractivity contribution in [2.45, 2.75) is 26.3 Å². The molecule has 0 atom stereocenters. The molecule has 1 amide bonds. The maximum absolute atomic E-state index is 11.9. The average Bonchev–Trinajstić information content (AvgIpc) is 2.28. The van der Waals surface area contributed by atoms with Gasteiger partial charge < -0.3 is 11.1 Å². The van der Waals surface area contributed by atoms with Gasteiger partial charge in [-0.1, -0.05) is 6.07 Å². The molecular weight excluding hydrogens is 234 g/mol. The molecule has 0 unspecified atom stereocenters. The lowest BCUT2D eigenvalue weighted by Gasteiger charge is -2.24. The third kappa shape index (κ3) is 3.27. The molecule has 0 saturated carbocycles. The molecule has 0 aliphatic heterocycles. The standard InChI is InChI=1S/C12H17N3O3/c1-8-4-5-9(6-10(8)15(17)18)11(16)14-12(2,3)7-13/h4-6H,7,13H2,1-3H3,(H,14,16). The van der Waals surface area contributed by atoms with Gasteiger partial charge >= 0.3 is 0 Å². The first kappa shape index (κ1) is 14.1. The van der Waals surface area contributed by atoms with Crippen LogP contribution in [-0.2, 0) is 0 Å². The maximum atomic E-state index is 11.9. The molecule has 0 radical (unpaired) electrons. The van der Waals surface area contributed by atoms with E-state index >= 15 is 0 Å². The van der Waals surface area contributed by atoms with E-state index in [2.05, 4.69) is 5.32 Å². The van der Waals surface area contributed by atoms with Gasteiger partial charge in [-0.15, -0.1) is 0 Å². The van der Waals surface area contributed by atoms with Crippen LogP contribution in [0.5, 0.6) is 0 Å². The Balaban J connectivity index is 3.01. The van der Waals surface area contributed by atoms with Gasteiger partial charge in [0.2, 0.25) is 0 Å². The van der Waals surface area contributed by atoms with Gasteiger partial charge in [0, 0.05) is 29.3 Å². The quantitative estimate of drug-likeness (QED) is 0.623. The number of nitro benzene ring substituents is 1. The largest absolute Gasteiger partial charge is 0.346 e. The summed E-state index contributed by atoms with van der Waals surface area (Å²) in [4.78, 5) is 22.2. The van der Waals surface area contributed by atoms with Crippen molar-refractivity contribution in [3.63, 3.8) is 0 Å². The van der Waals surface area contributed by atoms with Gasteiger partial charge in [0.1, 0.15) is 0 Å². The molecule has 6 heteroatoms. The second-order valence-corrected chi connectivity index (χ2v) is 4.80. The van der Waals surface area contributed by atoms with Crippen LogP contribution in [0.4, 0.5) is 5.69 Å². The highest BCUT2D eigenvalue weighted by atomic mass is 16.6. The summed E-state index contributed by atoms with van der Waals surface area (Å²) in [6, 6.07) is 4.39. The summed E-state index contributed by atoms with van der Waals surface area (Å²) in [5.41, 5.74) is 5.69. The Hall–Kier alpha value is -1.95. The number of rotatable bonds is 4. The fourth-order valence-electron chi connectivity index (χ4n) is 1.38. The zero-order chi connectivity index (χ0) is 13.9. The minimum absolute atomic E-state index is 0.0618. The number of aryl methyl sites for hydroxylation is 1. The van der Waals surface area contributed by atoms with Crippen molar-refractivity contribution >= 4 is 11.6 Å². The molecule has 0 aliphatic carbocycles. The number of amides is 1. The van der Waals surface area contributed by atoms with Crippen LogP contribution < -0.4 is 11.1 Å². The molecule has 18 heavy (non-hydrogen) atoms. The lowest BCUT2D eigenvalue weighted by molar-refractivity contribution is -0.385. The summed E-state index contributed by atoms with van der Waals surface area (Å²) >= 11 is 0. The first-order valence-electron chi connectivity index (χ1n) is 5.54. The Labute approximate surface area is 105 Å². The first-order valence-corrected chi connectivity index (χ1v) is 5.54. The molecule has 0 spiro atoms. The third-order valence-corrected chi connectivity index (χ3v) is 2.63. The number of nitrogens with one attached hydrogen (secondary N) is 1. The van der Waals surface area contributed by atoms with Crippen LogP contribution in [0.2, 0.25) is 0 Å². The predicted molar refractivity (Wildman–Crippen MR) is 68.4 cm³/mol. The van der Waals surface area contributed by atoms with E-state index in [4.69, 9.17) is 5.73 Å². The van der Waals surface area contributed by atoms with Crippen LogP contribution >= 0.6 is 0 Å². The van der Waals surface area contributed by atoms with Crippen LogP contribution in [-0.4, -0.2) is 22.9 Å². The smallest absolute Gasteiger partial charge is 0.273 e. The molecule has 1 aromatic rings. The Morgan fingerprint density at radius 1 is 1.50 bits per heavy atom. The summed E-state index contributed by atoms with van der Waals surface area (Å²) in [6.45, 7) is 5.48. The molecule has 1 rings (SSSR count). The maximum Gasteiger partial charge on any atom is 0.273 e. The fourth-order valence-corrected chi connectivity index (χ4v) is 1.38. The van der Waals surface area contributed by atoms with Crippen molar-refractivity contribution < 1.29 is 9.72 Å². The van der Waals surface area contributed by atoms with E-state index < -0.39 is 10.5 Å². The minimum Gasteiger partial charge on any atom is -0.346 e. The first-order chi connectivity index (χ1) is 8.26. The van der Waals surface area contributed by atoms with Crippen LogP contribution in [0.1, 0.15) is 29.8 Å². The Kier molecular flexibility index (Phi) is 4.03. The van der Waals surface area contributed by atoms with Crippen molar-refractivity contribution in [2.75, 3.05) is 6.54 Å². The molecule has 0 saturated heterocycles. The normalized spacial score (nSPS) is 11.1. The fraction of sp³-hybridized carbons (Fsp3) is 0.417. The van der Waals surface area contributed by atoms with Gasteiger partial charge in [-0.25, -0.2) is 0 Å². The van der Waals surface area contributed by atoms with Gasteiger partial charge in [0.05, 0.1) is 4.92 Å². The van der Waals surface area contributed by atoms with Gasteiger partial charge in [-0.3, -0.25) is 14.9 Å². The summed E-state index contributed by atoms with van der Waals surface area (Å²) in [6.07, 6.45) is 0. The van der Waals surface area contributed by atoms with Crippen LogP contribution in [0.15, 0.2) is 18.2 Å². The highest BCUT2D eigenvalue weighted by molar-refractivity contribution is 5.95. The number of nitro groups is 1. The molecule has 0 aromatic heterocycles. The number of benzene rings is 1. The highest BCUT2D eigenvalue weighted by Gasteiger charge is 2.21. The molecule has 1 aromatic carbocycles. The monoisotopic (exact) mass is 251 g/mol. The Morgan fingerprint density at radius 2 is 2.11 bits per heavy atom. The van der Waals surface area contributed by atoms with Crippen molar-refractivity contribution in [1.29, 1.82) is 0 Å². The lowest BCUT2D eigenvalue weighted by Crippen LogP contribution is -2.48. The van der Waals surface area contributed by atoms with Crippen LogP contribution in [0, 0.1) is 17.0 Å². The van der Waals surface area contributed by atoms with Crippen LogP contribution in [0.3, 0.4) is 0 Å². The topological polar surface area (TPSA) is 98.3 Å². The number of carbonyl (C=O) groups excluding carboxylic acids is 1. The third-order valence-electron chi connectivity index (χ3n) is 2.63. The second kappa shape index (κ2) is 5.14. The van der Waals surface area contributed by atoms with Gasteiger partial charge in [-0.05, 0) is 26.8 Å². The van der Waals surface area contributed by atoms with Gasteiger partial charge in [-0.2, -0.15) is 0 Å². The van der Waals surface area contributed by atoms with E-state index in [1.165, 1.54) is 6.07 Å². The number of hydrogen-bond acceptors (Lipinski definition) is 4. The lowest BCUT2D eigenvalue weighted by atomic mass is 10.0. The van der Waals surface area contributed by atoms with Crippen molar-refractivity contribution in [2.24, 2.45) is 5.73 Å². The van der Waals surface area contributed by atoms with Gasteiger partial charge in [0.25, 0.3) is 11.6 Å². The van der Waals surface area contributed by atoms with Crippen molar-refractivity contribution in [1.82, 2.24) is 5.32 Å². The summed E-state index contributed by atoms with van der Waals surface area (Å²) < 4.78 is 0. The summed E-state index contributed by atoms with van der Waals surface area (Å²) in [5, 5.41) is 13.5. The molecular formula is C12H17N3O3. The number of nitrogens with zero attached hydrogens (tertiary/aromatic N) is 1. The van der Waals surface area contributed by atoms with E-state index in [0.29, 0.717) is 5.56 Å². The van der Waals surface area contributed by atoms with E-state index in [1.807, 2.05) is 0 Å². The molecule has 98 valence electrons. The van der Waals surface area contributed by atoms with E-state index in [1.54, 1.807) is 32.9 Å². The molecule has 0 aliphatic rings. The van der Waals surface area contributed by atoms with E-state index in [0.717, 1.165) is 0 Å². The number of hydrogen-bond donors (Lipinski definition) is 2. The molecule has 3 N–H and O–H groups in total. The minimum atomic E-state index is -0.545. The molecule has 0 heterocycles. The molecule has 0 fully saturated rings. The summed E-state index contributed by atoms with van der Waals surface area (Å²) in [7, 11) is 0.